The quantitative estimate of drug-likeness (QED) is 0.618. The summed E-state index contributed by atoms with van der Waals surface area (Å²) >= 11 is 0. The smallest absolute Gasteiger partial charge is 0.339 e. The third-order valence-corrected chi connectivity index (χ3v) is 3.13. The monoisotopic (exact) mass is 307 g/mol. The minimum atomic E-state index is -0.583. The maximum Gasteiger partial charge on any atom is 0.339 e. The third kappa shape index (κ3) is 4.87. The molecule has 0 aliphatic carbocycles. The zero-order chi connectivity index (χ0) is 16.5. The average molecular weight is 307 g/mol. The molecule has 6 heteroatoms. The molecule has 1 aromatic rings. The fraction of sp³-hybridized carbons (Fsp3) is 0.438. The predicted octanol–water partition coefficient (Wildman–Crippen LogP) is 2.78. The van der Waals surface area contributed by atoms with E-state index in [0.29, 0.717) is 6.42 Å². The number of carbonyl (C=O) groups is 3. The molecular formula is C16H21NO5. The van der Waals surface area contributed by atoms with E-state index in [1.165, 1.54) is 32.4 Å². The summed E-state index contributed by atoms with van der Waals surface area (Å²) in [7, 11) is 2.52. The van der Waals surface area contributed by atoms with E-state index < -0.39 is 11.9 Å². The summed E-state index contributed by atoms with van der Waals surface area (Å²) in [5.41, 5.74) is 0.689. The lowest BCUT2D eigenvalue weighted by molar-refractivity contribution is -0.116. The normalized spacial score (nSPS) is 9.95. The second-order valence-electron chi connectivity index (χ2n) is 4.75. The first-order valence-electron chi connectivity index (χ1n) is 7.14. The zero-order valence-electron chi connectivity index (χ0n) is 13.1. The van der Waals surface area contributed by atoms with E-state index in [2.05, 4.69) is 14.8 Å². The van der Waals surface area contributed by atoms with Crippen LogP contribution in [0.15, 0.2) is 18.2 Å². The number of carbonyl (C=O) groups excluding carboxylic acids is 3. The molecule has 0 radical (unpaired) electrons. The van der Waals surface area contributed by atoms with Crippen molar-refractivity contribution in [1.82, 2.24) is 0 Å². The van der Waals surface area contributed by atoms with Gasteiger partial charge in [0.05, 0.1) is 31.0 Å². The lowest BCUT2D eigenvalue weighted by Crippen LogP contribution is -2.16. The molecule has 1 rings (SSSR count). The van der Waals surface area contributed by atoms with Gasteiger partial charge >= 0.3 is 11.9 Å². The van der Waals surface area contributed by atoms with Crippen LogP contribution in [0.1, 0.15) is 53.3 Å². The first-order chi connectivity index (χ1) is 10.5. The van der Waals surface area contributed by atoms with E-state index in [-0.39, 0.29) is 22.7 Å². The molecule has 0 aromatic heterocycles. The molecule has 1 N–H and O–H groups in total. The van der Waals surface area contributed by atoms with Crippen LogP contribution in [0, 0.1) is 0 Å². The van der Waals surface area contributed by atoms with E-state index in [4.69, 9.17) is 0 Å². The Bertz CT molecular complexity index is 553. The summed E-state index contributed by atoms with van der Waals surface area (Å²) in [4.78, 5) is 35.2. The number of amides is 1. The van der Waals surface area contributed by atoms with Crippen molar-refractivity contribution in [1.29, 1.82) is 0 Å². The maximum atomic E-state index is 11.9. The van der Waals surface area contributed by atoms with Crippen molar-refractivity contribution in [3.05, 3.63) is 29.3 Å². The molecule has 6 nitrogen and oxygen atoms in total. The van der Waals surface area contributed by atoms with Crippen LogP contribution in [0.25, 0.3) is 0 Å². The molecule has 0 fully saturated rings. The Morgan fingerprint density at radius 1 is 1.05 bits per heavy atom. The summed E-state index contributed by atoms with van der Waals surface area (Å²) in [6, 6.07) is 4.29. The molecule has 0 spiro atoms. The molecule has 120 valence electrons. The number of methoxy groups -OCH3 is 2. The van der Waals surface area contributed by atoms with Gasteiger partial charge in [0.25, 0.3) is 0 Å². The SMILES string of the molecule is CCCCCC(=O)Nc1cc(C(=O)OC)ccc1C(=O)OC. The van der Waals surface area contributed by atoms with Gasteiger partial charge in [0.2, 0.25) is 5.91 Å². The highest BCUT2D eigenvalue weighted by atomic mass is 16.5. The van der Waals surface area contributed by atoms with Crippen LogP contribution in [0.3, 0.4) is 0 Å². The van der Waals surface area contributed by atoms with Crippen molar-refractivity contribution >= 4 is 23.5 Å². The number of hydrogen-bond donors (Lipinski definition) is 1. The molecule has 1 amide bonds. The number of benzene rings is 1. The highest BCUT2D eigenvalue weighted by Gasteiger charge is 2.17. The summed E-state index contributed by atoms with van der Waals surface area (Å²) in [6.07, 6.45) is 3.10. The first-order valence-corrected chi connectivity index (χ1v) is 7.14. The fourth-order valence-corrected chi connectivity index (χ4v) is 1.93. The van der Waals surface area contributed by atoms with Gasteiger partial charge < -0.3 is 14.8 Å². The molecular weight excluding hydrogens is 286 g/mol. The van der Waals surface area contributed by atoms with Crippen LogP contribution in [0.5, 0.6) is 0 Å². The molecule has 0 aliphatic heterocycles. The van der Waals surface area contributed by atoms with Gasteiger partial charge in [-0.05, 0) is 24.6 Å². The van der Waals surface area contributed by atoms with Crippen molar-refractivity contribution < 1.29 is 23.9 Å². The Labute approximate surface area is 129 Å². The molecule has 0 aliphatic rings. The molecule has 0 saturated carbocycles. The fourth-order valence-electron chi connectivity index (χ4n) is 1.93. The zero-order valence-corrected chi connectivity index (χ0v) is 13.1. The predicted molar refractivity (Wildman–Crippen MR) is 81.9 cm³/mol. The Morgan fingerprint density at radius 3 is 2.32 bits per heavy atom. The molecule has 22 heavy (non-hydrogen) atoms. The second kappa shape index (κ2) is 8.81. The maximum absolute atomic E-state index is 11.9. The summed E-state index contributed by atoms with van der Waals surface area (Å²) < 4.78 is 9.31. The van der Waals surface area contributed by atoms with Crippen molar-refractivity contribution in [2.45, 2.75) is 32.6 Å². The molecule has 0 heterocycles. The van der Waals surface area contributed by atoms with Crippen LogP contribution in [0.4, 0.5) is 5.69 Å². The molecule has 0 atom stereocenters. The number of rotatable bonds is 7. The molecule has 0 saturated heterocycles. The second-order valence-corrected chi connectivity index (χ2v) is 4.75. The molecule has 0 bridgehead atoms. The van der Waals surface area contributed by atoms with Crippen molar-refractivity contribution in [2.24, 2.45) is 0 Å². The van der Waals surface area contributed by atoms with Gasteiger partial charge in [-0.1, -0.05) is 19.8 Å². The van der Waals surface area contributed by atoms with Crippen LogP contribution in [-0.2, 0) is 14.3 Å². The number of nitrogens with one attached hydrogen (secondary N) is 1. The van der Waals surface area contributed by atoms with E-state index in [1.807, 2.05) is 6.92 Å². The minimum absolute atomic E-state index is 0.194. The van der Waals surface area contributed by atoms with Gasteiger partial charge in [-0.3, -0.25) is 4.79 Å². The summed E-state index contributed by atoms with van der Waals surface area (Å²) in [6.45, 7) is 2.05. The standard InChI is InChI=1S/C16H21NO5/c1-4-5-6-7-14(18)17-13-10-11(15(19)21-2)8-9-12(13)16(20)22-3/h8-10H,4-7H2,1-3H3,(H,17,18). The Hall–Kier alpha value is -2.37. The van der Waals surface area contributed by atoms with Crippen LogP contribution in [-0.4, -0.2) is 32.1 Å². The average Bonchev–Trinajstić information content (AvgIpc) is 2.53. The highest BCUT2D eigenvalue weighted by Crippen LogP contribution is 2.20. The Balaban J connectivity index is 2.98. The highest BCUT2D eigenvalue weighted by molar-refractivity contribution is 6.03. The van der Waals surface area contributed by atoms with Gasteiger partial charge in [0.15, 0.2) is 0 Å². The van der Waals surface area contributed by atoms with Crippen molar-refractivity contribution in [3.8, 4) is 0 Å². The number of esters is 2. The number of hydrogen-bond acceptors (Lipinski definition) is 5. The van der Waals surface area contributed by atoms with E-state index in [0.717, 1.165) is 19.3 Å². The van der Waals surface area contributed by atoms with Gasteiger partial charge in [0.1, 0.15) is 0 Å². The Kier molecular flexibility index (Phi) is 7.08. The van der Waals surface area contributed by atoms with Crippen molar-refractivity contribution in [3.63, 3.8) is 0 Å². The number of anilines is 1. The Morgan fingerprint density at radius 2 is 1.73 bits per heavy atom. The van der Waals surface area contributed by atoms with Crippen molar-refractivity contribution in [2.75, 3.05) is 19.5 Å². The summed E-state index contributed by atoms with van der Waals surface area (Å²) in [5.74, 6) is -1.33. The minimum Gasteiger partial charge on any atom is -0.465 e. The number of ether oxygens (including phenoxy) is 2. The van der Waals surface area contributed by atoms with E-state index >= 15 is 0 Å². The summed E-state index contributed by atoms with van der Waals surface area (Å²) in [5, 5.41) is 2.66. The van der Waals surface area contributed by atoms with Crippen LogP contribution in [0.2, 0.25) is 0 Å². The van der Waals surface area contributed by atoms with Gasteiger partial charge in [-0.25, -0.2) is 9.59 Å². The van der Waals surface area contributed by atoms with E-state index in [1.54, 1.807) is 0 Å². The van der Waals surface area contributed by atoms with Gasteiger partial charge in [-0.15, -0.1) is 0 Å². The third-order valence-electron chi connectivity index (χ3n) is 3.13. The van der Waals surface area contributed by atoms with E-state index in [9.17, 15) is 14.4 Å². The number of unbranched alkanes of at least 4 members (excludes halogenated alkanes) is 2. The largest absolute Gasteiger partial charge is 0.465 e. The van der Waals surface area contributed by atoms with Crippen LogP contribution >= 0.6 is 0 Å². The lowest BCUT2D eigenvalue weighted by atomic mass is 10.1. The molecule has 1 aromatic carbocycles. The molecule has 0 unspecified atom stereocenters. The topological polar surface area (TPSA) is 81.7 Å². The van der Waals surface area contributed by atoms with Gasteiger partial charge in [0, 0.05) is 6.42 Å². The van der Waals surface area contributed by atoms with Gasteiger partial charge in [-0.2, -0.15) is 0 Å². The lowest BCUT2D eigenvalue weighted by Gasteiger charge is -2.11. The van der Waals surface area contributed by atoms with Crippen LogP contribution < -0.4 is 5.32 Å². The first kappa shape index (κ1) is 17.7.